The van der Waals surface area contributed by atoms with Crippen molar-refractivity contribution < 1.29 is 9.47 Å². The van der Waals surface area contributed by atoms with Crippen molar-refractivity contribution in [2.75, 3.05) is 72.2 Å². The van der Waals surface area contributed by atoms with Crippen LogP contribution in [0.4, 0.5) is 0 Å². The number of piperidine rings is 1. The van der Waals surface area contributed by atoms with Gasteiger partial charge in [0.05, 0.1) is 26.4 Å². The van der Waals surface area contributed by atoms with Crippen LogP contribution in [-0.2, 0) is 9.47 Å². The smallest absolute Gasteiger partial charge is 0.194 e. The molecule has 1 N–H and O–H groups in total. The van der Waals surface area contributed by atoms with Crippen LogP contribution >= 0.6 is 0 Å². The van der Waals surface area contributed by atoms with Crippen LogP contribution in [0.5, 0.6) is 0 Å². The zero-order chi connectivity index (χ0) is 19.2. The van der Waals surface area contributed by atoms with Gasteiger partial charge in [0, 0.05) is 32.8 Å². The van der Waals surface area contributed by atoms with E-state index in [0.29, 0.717) is 26.4 Å². The molecule has 158 valence electrons. The molecule has 0 amide bonds. The Morgan fingerprint density at radius 2 is 1.78 bits per heavy atom. The Labute approximate surface area is 166 Å². The lowest BCUT2D eigenvalue weighted by molar-refractivity contribution is 0.0497. The number of nitrogens with one attached hydrogen (secondary N) is 1. The summed E-state index contributed by atoms with van der Waals surface area (Å²) in [6, 6.07) is 0. The van der Waals surface area contributed by atoms with Gasteiger partial charge in [0.1, 0.15) is 0 Å². The molecule has 0 aromatic carbocycles. The molecule has 0 radical (unpaired) electrons. The molecular formula is C21H42N4O2. The number of nitrogens with zero attached hydrogens (tertiary/aromatic N) is 3. The lowest BCUT2D eigenvalue weighted by atomic mass is 10.1. The van der Waals surface area contributed by atoms with Crippen molar-refractivity contribution in [1.29, 1.82) is 0 Å². The molecule has 0 aromatic rings. The third-order valence-electron chi connectivity index (χ3n) is 5.40. The predicted molar refractivity (Wildman–Crippen MR) is 112 cm³/mol. The molecule has 0 bridgehead atoms. The van der Waals surface area contributed by atoms with Crippen LogP contribution < -0.4 is 5.32 Å². The Hall–Kier alpha value is -0.850. The maximum atomic E-state index is 5.64. The van der Waals surface area contributed by atoms with Crippen molar-refractivity contribution in [3.05, 3.63) is 0 Å². The molecule has 2 saturated heterocycles. The molecule has 1 unspecified atom stereocenters. The fraction of sp³-hybridized carbons (Fsp3) is 0.952. The molecule has 2 heterocycles. The summed E-state index contributed by atoms with van der Waals surface area (Å²) in [6.07, 6.45) is 7.77. The van der Waals surface area contributed by atoms with Gasteiger partial charge in [0.25, 0.3) is 0 Å². The lowest BCUT2D eigenvalue weighted by Gasteiger charge is -2.29. The van der Waals surface area contributed by atoms with Crippen LogP contribution in [0.25, 0.3) is 0 Å². The minimum atomic E-state index is 0.664. The first-order valence-corrected chi connectivity index (χ1v) is 11.2. The number of ether oxygens (including phenoxy) is 2. The van der Waals surface area contributed by atoms with Crippen molar-refractivity contribution in [2.45, 2.75) is 52.4 Å². The van der Waals surface area contributed by atoms with E-state index in [1.807, 2.05) is 0 Å². The van der Waals surface area contributed by atoms with Gasteiger partial charge in [0.2, 0.25) is 0 Å². The molecule has 2 fully saturated rings. The summed E-state index contributed by atoms with van der Waals surface area (Å²) in [6.45, 7) is 14.9. The first-order chi connectivity index (χ1) is 13.3. The number of aliphatic imine (C=N–C) groups is 1. The average molecular weight is 383 g/mol. The second kappa shape index (κ2) is 14.2. The van der Waals surface area contributed by atoms with E-state index in [0.717, 1.165) is 44.5 Å². The number of guanidine groups is 1. The maximum absolute atomic E-state index is 5.64. The van der Waals surface area contributed by atoms with Crippen molar-refractivity contribution in [3.63, 3.8) is 0 Å². The number of rotatable bonds is 12. The first kappa shape index (κ1) is 22.4. The summed E-state index contributed by atoms with van der Waals surface area (Å²) >= 11 is 0. The second-order valence-electron chi connectivity index (χ2n) is 7.78. The Morgan fingerprint density at radius 1 is 1.00 bits per heavy atom. The number of hydrogen-bond donors (Lipinski definition) is 1. The van der Waals surface area contributed by atoms with Gasteiger partial charge in [0.15, 0.2) is 5.96 Å². The minimum Gasteiger partial charge on any atom is -0.379 e. The minimum absolute atomic E-state index is 0.664. The largest absolute Gasteiger partial charge is 0.379 e. The van der Waals surface area contributed by atoms with Crippen LogP contribution in [-0.4, -0.2) is 88.0 Å². The molecule has 2 aliphatic rings. The summed E-state index contributed by atoms with van der Waals surface area (Å²) in [7, 11) is 0. The molecule has 6 nitrogen and oxygen atoms in total. The van der Waals surface area contributed by atoms with E-state index >= 15 is 0 Å². The van der Waals surface area contributed by atoms with Gasteiger partial charge < -0.3 is 24.6 Å². The van der Waals surface area contributed by atoms with Crippen LogP contribution in [0, 0.1) is 5.92 Å². The Morgan fingerprint density at radius 3 is 2.52 bits per heavy atom. The van der Waals surface area contributed by atoms with Gasteiger partial charge >= 0.3 is 0 Å². The third-order valence-corrected chi connectivity index (χ3v) is 5.40. The van der Waals surface area contributed by atoms with E-state index in [1.165, 1.54) is 51.7 Å². The van der Waals surface area contributed by atoms with E-state index in [9.17, 15) is 0 Å². The predicted octanol–water partition coefficient (Wildman–Crippen LogP) is 2.59. The highest BCUT2D eigenvalue weighted by Gasteiger charge is 2.26. The fourth-order valence-corrected chi connectivity index (χ4v) is 3.89. The average Bonchev–Trinajstić information content (AvgIpc) is 3.15. The molecule has 0 saturated carbocycles. The number of hydrogen-bond acceptors (Lipinski definition) is 4. The summed E-state index contributed by atoms with van der Waals surface area (Å²) in [5.41, 5.74) is 0. The first-order valence-electron chi connectivity index (χ1n) is 11.2. The topological polar surface area (TPSA) is 49.3 Å². The van der Waals surface area contributed by atoms with Crippen LogP contribution in [0.15, 0.2) is 4.99 Å². The molecule has 2 aliphatic heterocycles. The van der Waals surface area contributed by atoms with Crippen molar-refractivity contribution in [1.82, 2.24) is 15.1 Å². The SMILES string of the molecule is CCCCOCCOCCN=C(NCC)N1CCC(CN2CCCCC2)C1. The Balaban J connectivity index is 1.62. The summed E-state index contributed by atoms with van der Waals surface area (Å²) in [5.74, 6) is 1.84. The van der Waals surface area contributed by atoms with E-state index < -0.39 is 0 Å². The highest BCUT2D eigenvalue weighted by Crippen LogP contribution is 2.19. The molecular weight excluding hydrogens is 340 g/mol. The number of likely N-dealkylation sites (tertiary alicyclic amines) is 2. The monoisotopic (exact) mass is 382 g/mol. The fourth-order valence-electron chi connectivity index (χ4n) is 3.89. The number of unbranched alkanes of at least 4 members (excludes halogenated alkanes) is 1. The molecule has 1 atom stereocenters. The van der Waals surface area contributed by atoms with Crippen LogP contribution in [0.3, 0.4) is 0 Å². The van der Waals surface area contributed by atoms with Crippen molar-refractivity contribution >= 4 is 5.96 Å². The van der Waals surface area contributed by atoms with Gasteiger partial charge in [-0.15, -0.1) is 0 Å². The summed E-state index contributed by atoms with van der Waals surface area (Å²) < 4.78 is 11.2. The molecule has 0 aromatic heterocycles. The maximum Gasteiger partial charge on any atom is 0.194 e. The van der Waals surface area contributed by atoms with Gasteiger partial charge in [-0.1, -0.05) is 19.8 Å². The van der Waals surface area contributed by atoms with E-state index in [4.69, 9.17) is 14.5 Å². The molecule has 2 rings (SSSR count). The molecule has 27 heavy (non-hydrogen) atoms. The highest BCUT2D eigenvalue weighted by molar-refractivity contribution is 5.80. The van der Waals surface area contributed by atoms with Gasteiger partial charge in [-0.2, -0.15) is 0 Å². The Bertz CT molecular complexity index is 400. The van der Waals surface area contributed by atoms with Gasteiger partial charge in [-0.25, -0.2) is 0 Å². The standard InChI is InChI=1S/C21H42N4O2/c1-3-5-14-26-16-17-27-15-10-23-21(22-4-2)25-13-9-20(19-25)18-24-11-7-6-8-12-24/h20H,3-19H2,1-2H3,(H,22,23). The highest BCUT2D eigenvalue weighted by atomic mass is 16.5. The zero-order valence-electron chi connectivity index (χ0n) is 17.8. The van der Waals surface area contributed by atoms with Crippen molar-refractivity contribution in [3.8, 4) is 0 Å². The normalized spacial score (nSPS) is 21.8. The molecule has 6 heteroatoms. The summed E-state index contributed by atoms with van der Waals surface area (Å²) in [4.78, 5) is 9.88. The van der Waals surface area contributed by atoms with Gasteiger partial charge in [-0.05, 0) is 51.6 Å². The van der Waals surface area contributed by atoms with E-state index in [2.05, 4.69) is 29.0 Å². The summed E-state index contributed by atoms with van der Waals surface area (Å²) in [5, 5.41) is 3.46. The quantitative estimate of drug-likeness (QED) is 0.319. The van der Waals surface area contributed by atoms with Crippen LogP contribution in [0.1, 0.15) is 52.4 Å². The Kier molecular flexibility index (Phi) is 11.8. The zero-order valence-corrected chi connectivity index (χ0v) is 17.8. The molecule has 0 aliphatic carbocycles. The third kappa shape index (κ3) is 9.26. The second-order valence-corrected chi connectivity index (χ2v) is 7.78. The van der Waals surface area contributed by atoms with Crippen LogP contribution in [0.2, 0.25) is 0 Å². The lowest BCUT2D eigenvalue weighted by Crippen LogP contribution is -2.41. The van der Waals surface area contributed by atoms with E-state index in [-0.39, 0.29) is 0 Å². The van der Waals surface area contributed by atoms with Gasteiger partial charge in [-0.3, -0.25) is 4.99 Å². The molecule has 0 spiro atoms. The van der Waals surface area contributed by atoms with Crippen molar-refractivity contribution in [2.24, 2.45) is 10.9 Å². The van der Waals surface area contributed by atoms with E-state index in [1.54, 1.807) is 0 Å².